The molecule has 0 N–H and O–H groups in total. The quantitative estimate of drug-likeness (QED) is 0.0953. The van der Waals surface area contributed by atoms with E-state index in [1.807, 2.05) is 12.3 Å². The van der Waals surface area contributed by atoms with E-state index in [1.165, 1.54) is 11.0 Å². The summed E-state index contributed by atoms with van der Waals surface area (Å²) >= 11 is 0. The monoisotopic (exact) mass is 1300 g/mol. The Bertz CT molecular complexity index is 4460. The SMILES string of the molecule is CN1B(c2ccccc2)c2ccc(Oc3[c-]c4c(cc3)c3ccccc3n4-c3cc(C(C)(C)C)ccn3)[c-]c2N2[CH-]N(c3c(-c4cc(-c5ccccc5)cc(-c5ccccc5)c4)cccc3-c3cc(-c4ccccc4)cc(-c4ccccc4)c3)C=C12.[Pt]. The molecule has 6 nitrogen and oxygen atoms in total. The fourth-order valence-electron chi connectivity index (χ4n) is 12.6. The number of aromatic nitrogens is 2. The zero-order valence-electron chi connectivity index (χ0n) is 48.7. The van der Waals surface area contributed by atoms with Crippen LogP contribution >= 0.6 is 0 Å². The zero-order chi connectivity index (χ0) is 57.9. The summed E-state index contributed by atoms with van der Waals surface area (Å²) in [7, 11) is 2.20. The van der Waals surface area contributed by atoms with E-state index in [-0.39, 0.29) is 33.3 Å². The fourth-order valence-corrected chi connectivity index (χ4v) is 12.6. The van der Waals surface area contributed by atoms with Crippen molar-refractivity contribution in [1.82, 2.24) is 14.4 Å². The summed E-state index contributed by atoms with van der Waals surface area (Å²) in [6, 6.07) is 103. The van der Waals surface area contributed by atoms with Gasteiger partial charge in [0, 0.05) is 67.3 Å². The Balaban J connectivity index is 0.00000667. The molecule has 2 aliphatic heterocycles. The Labute approximate surface area is 524 Å². The van der Waals surface area contributed by atoms with E-state index in [4.69, 9.17) is 9.72 Å². The summed E-state index contributed by atoms with van der Waals surface area (Å²) in [6.45, 7) is 8.81. The predicted molar refractivity (Wildman–Crippen MR) is 357 cm³/mol. The van der Waals surface area contributed by atoms with Gasteiger partial charge in [-0.2, -0.15) is 12.1 Å². The number of anilines is 2. The summed E-state index contributed by atoms with van der Waals surface area (Å²) in [5.41, 5.74) is 20.9. The molecular weight excluding hydrogens is 1240 g/mol. The van der Waals surface area contributed by atoms with Crippen LogP contribution in [-0.4, -0.2) is 28.3 Å². The Morgan fingerprint density at radius 3 is 1.52 bits per heavy atom. The number of rotatable bonds is 11. The first-order valence-electron chi connectivity index (χ1n) is 29.4. The van der Waals surface area contributed by atoms with Crippen LogP contribution in [0.25, 0.3) is 94.4 Å². The van der Waals surface area contributed by atoms with Gasteiger partial charge >= 0.3 is 0 Å². The first-order chi connectivity index (χ1) is 42.2. The molecule has 0 spiro atoms. The average Bonchev–Trinajstić information content (AvgIpc) is 2.30. The topological polar surface area (TPSA) is 36.8 Å². The second-order valence-electron chi connectivity index (χ2n) is 23.4. The molecule has 0 saturated carbocycles. The molecule has 2 aliphatic rings. The van der Waals surface area contributed by atoms with Crippen molar-refractivity contribution in [3.8, 4) is 84.1 Å². The second-order valence-corrected chi connectivity index (χ2v) is 23.4. The summed E-state index contributed by atoms with van der Waals surface area (Å²) in [6.07, 6.45) is 4.21. The molecule has 2 aromatic heterocycles. The minimum atomic E-state index is -0.135. The third-order valence-electron chi connectivity index (χ3n) is 16.9. The predicted octanol–water partition coefficient (Wildman–Crippen LogP) is 18.2. The maximum atomic E-state index is 6.96. The molecule has 0 unspecified atom stereocenters. The van der Waals surface area contributed by atoms with Crippen molar-refractivity contribution in [2.45, 2.75) is 26.2 Å². The normalized spacial score (nSPS) is 12.9. The Morgan fingerprint density at radius 1 is 0.471 bits per heavy atom. The van der Waals surface area contributed by atoms with Crippen molar-refractivity contribution in [1.29, 1.82) is 0 Å². The van der Waals surface area contributed by atoms with Crippen LogP contribution < -0.4 is 25.5 Å². The van der Waals surface area contributed by atoms with Gasteiger partial charge in [-0.3, -0.25) is 0 Å². The van der Waals surface area contributed by atoms with E-state index < -0.39 is 0 Å². The minimum Gasteiger partial charge on any atom is -0.509 e. The smallest absolute Gasteiger partial charge is 0.254 e. The van der Waals surface area contributed by atoms with Crippen molar-refractivity contribution in [3.05, 3.63) is 310 Å². The van der Waals surface area contributed by atoms with Crippen LogP contribution in [0.1, 0.15) is 26.3 Å². The molecule has 87 heavy (non-hydrogen) atoms. The first kappa shape index (κ1) is 55.0. The van der Waals surface area contributed by atoms with Crippen molar-refractivity contribution in [2.75, 3.05) is 16.8 Å². The molecule has 0 bridgehead atoms. The molecule has 8 heteroatoms. The Morgan fingerprint density at radius 2 is 0.966 bits per heavy atom. The standard InChI is InChI=1S/C79H59BN5O.Pt/c1-79(2,3)64-41-42-81-76(49-64)85-73-36-21-20-33-70(73)71-39-37-66(50-74(71)85)86-67-38-40-72-75(51-67)84-53-83(52-77(84)82(4)80(72)65-31-18-9-19-32-65)78-68(62-45-58(54-23-10-5-11-24-54)43-59(46-62)55-25-12-6-13-26-55)34-22-35-69(78)63-47-60(56-27-14-7-15-28-56)44-61(48-63)57-29-16-8-17-30-57;/h5-49,52-53H,1-4H3;/q-3;. The van der Waals surface area contributed by atoms with Crippen LogP contribution in [0.4, 0.5) is 11.4 Å². The van der Waals surface area contributed by atoms with Gasteiger partial charge in [0.15, 0.2) is 0 Å². The third kappa shape index (κ3) is 10.3. The van der Waals surface area contributed by atoms with Gasteiger partial charge in [0.25, 0.3) is 6.85 Å². The number of nitrogens with zero attached hydrogens (tertiary/aromatic N) is 5. The second kappa shape index (κ2) is 22.8. The van der Waals surface area contributed by atoms with Crippen LogP contribution in [0.15, 0.2) is 285 Å². The molecule has 13 aromatic rings. The number of ether oxygens (including phenoxy) is 1. The van der Waals surface area contributed by atoms with Crippen molar-refractivity contribution in [2.24, 2.45) is 0 Å². The largest absolute Gasteiger partial charge is 0.509 e. The maximum absolute atomic E-state index is 6.96. The van der Waals surface area contributed by atoms with Crippen molar-refractivity contribution in [3.63, 3.8) is 0 Å². The summed E-state index contributed by atoms with van der Waals surface area (Å²) < 4.78 is 9.17. The molecular formula is C79H59BN5OPt-3. The number of benzene rings is 11. The summed E-state index contributed by atoms with van der Waals surface area (Å²) in [5.74, 6) is 3.00. The molecule has 11 aromatic carbocycles. The van der Waals surface area contributed by atoms with Gasteiger partial charge in [0.1, 0.15) is 5.82 Å². The molecule has 0 amide bonds. The third-order valence-corrected chi connectivity index (χ3v) is 16.9. The number of para-hydroxylation sites is 2. The van der Waals surface area contributed by atoms with Crippen molar-refractivity contribution >= 4 is 51.0 Å². The van der Waals surface area contributed by atoms with Gasteiger partial charge in [-0.05, 0) is 134 Å². The molecule has 0 fully saturated rings. The van der Waals surface area contributed by atoms with E-state index >= 15 is 0 Å². The fraction of sp³-hybridized carbons (Fsp3) is 0.0633. The average molecular weight is 1300 g/mol. The number of hydrogen-bond donors (Lipinski definition) is 0. The van der Waals surface area contributed by atoms with Gasteiger partial charge in [-0.15, -0.1) is 47.5 Å². The first-order valence-corrected chi connectivity index (χ1v) is 29.4. The van der Waals surface area contributed by atoms with Crippen molar-refractivity contribution < 1.29 is 25.8 Å². The van der Waals surface area contributed by atoms with E-state index in [0.29, 0.717) is 11.5 Å². The number of fused-ring (bicyclic) bond motifs is 6. The van der Waals surface area contributed by atoms with Gasteiger partial charge in [-0.25, -0.2) is 4.98 Å². The Hall–Kier alpha value is -9.94. The van der Waals surface area contributed by atoms with Gasteiger partial charge < -0.3 is 23.9 Å². The number of pyridine rings is 1. The van der Waals surface area contributed by atoms with E-state index in [9.17, 15) is 0 Å². The minimum absolute atomic E-state index is 0. The van der Waals surface area contributed by atoms with Gasteiger partial charge in [0.2, 0.25) is 0 Å². The van der Waals surface area contributed by atoms with Crippen LogP contribution in [0.5, 0.6) is 11.5 Å². The molecule has 0 aliphatic carbocycles. The number of hydrogen-bond acceptors (Lipinski definition) is 5. The van der Waals surface area contributed by atoms with Crippen LogP contribution in [0.2, 0.25) is 0 Å². The molecule has 15 rings (SSSR count). The summed E-state index contributed by atoms with van der Waals surface area (Å²) in [4.78, 5) is 12.0. The molecule has 422 valence electrons. The Kier molecular flexibility index (Phi) is 14.4. The molecule has 4 heterocycles. The van der Waals surface area contributed by atoms with Gasteiger partial charge in [-0.1, -0.05) is 220 Å². The van der Waals surface area contributed by atoms with Crippen LogP contribution in [0.3, 0.4) is 0 Å². The maximum Gasteiger partial charge on any atom is 0.254 e. The van der Waals surface area contributed by atoms with Crippen LogP contribution in [-0.2, 0) is 26.5 Å². The zero-order valence-corrected chi connectivity index (χ0v) is 50.9. The molecule has 0 saturated heterocycles. The molecule has 0 atom stereocenters. The van der Waals surface area contributed by atoms with Gasteiger partial charge in [0.05, 0.1) is 5.82 Å². The van der Waals surface area contributed by atoms with E-state index in [1.54, 1.807) is 0 Å². The summed E-state index contributed by atoms with van der Waals surface area (Å²) in [5, 5.41) is 2.20. The van der Waals surface area contributed by atoms with Crippen LogP contribution in [0, 0.1) is 18.8 Å². The van der Waals surface area contributed by atoms with E-state index in [0.717, 1.165) is 117 Å². The molecule has 0 radical (unpaired) electrons. The van der Waals surface area contributed by atoms with E-state index in [2.05, 4.69) is 333 Å².